The van der Waals surface area contributed by atoms with Gasteiger partial charge in [0.2, 0.25) is 0 Å². The Morgan fingerprint density at radius 2 is 0.844 bits per heavy atom. The minimum atomic E-state index is -0.975. The topological polar surface area (TPSA) is 25.8 Å². The number of rotatable bonds is 5. The predicted molar refractivity (Wildman–Crippen MR) is 191 cm³/mol. The van der Waals surface area contributed by atoms with Crippen molar-refractivity contribution in [3.8, 4) is 44.5 Å². The van der Waals surface area contributed by atoms with Gasteiger partial charge in [-0.2, -0.15) is 0 Å². The number of nitrogens with zero attached hydrogens (tertiary/aromatic N) is 2. The van der Waals surface area contributed by atoms with Gasteiger partial charge in [-0.05, 0) is 95.6 Å². The van der Waals surface area contributed by atoms with Gasteiger partial charge in [-0.15, -0.1) is 0 Å². The number of pyridine rings is 2. The fourth-order valence-electron chi connectivity index (χ4n) is 7.13. The summed E-state index contributed by atoms with van der Waals surface area (Å²) in [5.41, 5.74) is 12.4. The molecule has 0 bridgehead atoms. The molecule has 210 valence electrons. The third-order valence-corrected chi connectivity index (χ3v) is 11.2. The van der Waals surface area contributed by atoms with Gasteiger partial charge in [0.05, 0.1) is 10.9 Å². The van der Waals surface area contributed by atoms with E-state index in [2.05, 4.69) is 140 Å². The highest BCUT2D eigenvalue weighted by Gasteiger charge is 2.32. The van der Waals surface area contributed by atoms with Crippen LogP contribution in [0.3, 0.4) is 0 Å². The van der Waals surface area contributed by atoms with Gasteiger partial charge in [0.1, 0.15) is 0 Å². The molecule has 0 unspecified atom stereocenters. The van der Waals surface area contributed by atoms with E-state index < -0.39 is 7.92 Å². The van der Waals surface area contributed by atoms with Gasteiger partial charge in [0, 0.05) is 20.3 Å². The first-order valence-electron chi connectivity index (χ1n) is 15.3. The molecule has 0 spiro atoms. The number of fused-ring (bicyclic) bond motifs is 4. The molecule has 0 aliphatic heterocycles. The lowest BCUT2D eigenvalue weighted by atomic mass is 9.82. The molecule has 0 radical (unpaired) electrons. The maximum Gasteiger partial charge on any atom is 0.0737 e. The Kier molecular flexibility index (Phi) is 6.14. The van der Waals surface area contributed by atoms with Crippen LogP contribution < -0.4 is 16.2 Å². The van der Waals surface area contributed by atoms with Crippen LogP contribution in [0.4, 0.5) is 0 Å². The quantitative estimate of drug-likeness (QED) is 0.187. The van der Waals surface area contributed by atoms with Gasteiger partial charge in [-0.3, -0.25) is 9.97 Å². The monoisotopic (exact) mass is 590 g/mol. The lowest BCUT2D eigenvalue weighted by Crippen LogP contribution is -2.24. The predicted octanol–water partition coefficient (Wildman–Crippen LogP) is 9.52. The molecule has 0 fully saturated rings. The number of aromatic nitrogens is 2. The first-order valence-corrected chi connectivity index (χ1v) is 16.6. The van der Waals surface area contributed by atoms with Gasteiger partial charge < -0.3 is 0 Å². The van der Waals surface area contributed by atoms with Crippen molar-refractivity contribution in [2.45, 2.75) is 0 Å². The van der Waals surface area contributed by atoms with Crippen LogP contribution in [0.2, 0.25) is 0 Å². The van der Waals surface area contributed by atoms with Crippen molar-refractivity contribution in [3.63, 3.8) is 0 Å². The number of hydrogen-bond donors (Lipinski definition) is 0. The molecule has 0 atom stereocenters. The highest BCUT2D eigenvalue weighted by Crippen LogP contribution is 2.58. The molecule has 0 saturated carbocycles. The molecule has 1 aliphatic rings. The number of hydrogen-bond acceptors (Lipinski definition) is 2. The molecule has 1 aliphatic carbocycles. The van der Waals surface area contributed by atoms with Crippen molar-refractivity contribution in [1.82, 2.24) is 9.97 Å². The molecular formula is C42H27N2P. The molecule has 2 aromatic heterocycles. The van der Waals surface area contributed by atoms with E-state index >= 15 is 0 Å². The zero-order valence-corrected chi connectivity index (χ0v) is 25.3. The smallest absolute Gasteiger partial charge is 0.0737 e. The SMILES string of the molecule is c1ccc(-c2c3c(c(-c4ccccc4)c4ccccc24)-c2ccc(P(c4ccccn4)c4ccccn4)c4cccc-3c24)cc1. The Labute approximate surface area is 263 Å². The summed E-state index contributed by atoms with van der Waals surface area (Å²) in [7, 11) is -0.975. The van der Waals surface area contributed by atoms with Crippen molar-refractivity contribution >= 4 is 45.6 Å². The van der Waals surface area contributed by atoms with Crippen LogP contribution in [0, 0.1) is 0 Å². The van der Waals surface area contributed by atoms with Gasteiger partial charge in [-0.1, -0.05) is 127 Å². The normalized spacial score (nSPS) is 11.8. The minimum absolute atomic E-state index is 0.975. The van der Waals surface area contributed by atoms with Gasteiger partial charge in [0.15, 0.2) is 0 Å². The molecular weight excluding hydrogens is 563 g/mol. The number of benzene rings is 6. The Balaban J connectivity index is 1.43. The van der Waals surface area contributed by atoms with Gasteiger partial charge >= 0.3 is 0 Å². The molecule has 3 heteroatoms. The highest BCUT2D eigenvalue weighted by molar-refractivity contribution is 7.79. The van der Waals surface area contributed by atoms with Crippen LogP contribution in [0.15, 0.2) is 164 Å². The Bertz CT molecular complexity index is 2220. The van der Waals surface area contributed by atoms with E-state index in [1.807, 2.05) is 24.5 Å². The van der Waals surface area contributed by atoms with E-state index in [1.54, 1.807) is 0 Å². The minimum Gasteiger partial charge on any atom is -0.256 e. The summed E-state index contributed by atoms with van der Waals surface area (Å²) < 4.78 is 0. The Morgan fingerprint density at radius 1 is 0.356 bits per heavy atom. The summed E-state index contributed by atoms with van der Waals surface area (Å²) >= 11 is 0. The van der Waals surface area contributed by atoms with E-state index in [9.17, 15) is 0 Å². The van der Waals surface area contributed by atoms with Crippen LogP contribution in [0.5, 0.6) is 0 Å². The third-order valence-electron chi connectivity index (χ3n) is 8.89. The molecule has 0 saturated heterocycles. The fourth-order valence-corrected chi connectivity index (χ4v) is 9.34. The maximum atomic E-state index is 4.87. The zero-order chi connectivity index (χ0) is 29.7. The fraction of sp³-hybridized carbons (Fsp3) is 0. The molecule has 8 aromatic rings. The van der Waals surface area contributed by atoms with E-state index in [0.717, 1.165) is 10.9 Å². The molecule has 2 heterocycles. The van der Waals surface area contributed by atoms with E-state index in [-0.39, 0.29) is 0 Å². The molecule has 9 rings (SSSR count). The maximum absolute atomic E-state index is 4.87. The van der Waals surface area contributed by atoms with Crippen molar-refractivity contribution in [1.29, 1.82) is 0 Å². The largest absolute Gasteiger partial charge is 0.256 e. The van der Waals surface area contributed by atoms with Crippen molar-refractivity contribution in [2.75, 3.05) is 0 Å². The van der Waals surface area contributed by atoms with Crippen LogP contribution in [0.1, 0.15) is 0 Å². The summed E-state index contributed by atoms with van der Waals surface area (Å²) in [4.78, 5) is 9.74. The standard InChI is InChI=1S/C42H27N2P/c1-3-14-28(15-4-1)38-30-18-7-8-19-31(30)39(29-16-5-2-6-17-29)42-34-24-25-35(32-20-13-21-33(40(32)34)41(38)42)45(36-22-9-11-26-43-36)37-23-10-12-27-44-37/h1-27H. The Morgan fingerprint density at radius 3 is 1.38 bits per heavy atom. The van der Waals surface area contributed by atoms with Crippen molar-refractivity contribution in [2.24, 2.45) is 0 Å². The summed E-state index contributed by atoms with van der Waals surface area (Å²) in [6.07, 6.45) is 3.79. The summed E-state index contributed by atoms with van der Waals surface area (Å²) in [6, 6.07) is 54.7. The molecule has 0 amide bonds. The third kappa shape index (κ3) is 4.07. The van der Waals surface area contributed by atoms with Crippen LogP contribution in [0.25, 0.3) is 66.1 Å². The van der Waals surface area contributed by atoms with Crippen LogP contribution >= 0.6 is 7.92 Å². The summed E-state index contributed by atoms with van der Waals surface area (Å²) in [6.45, 7) is 0. The average molecular weight is 591 g/mol. The highest BCUT2D eigenvalue weighted by atomic mass is 31.1. The molecule has 0 N–H and O–H groups in total. The summed E-state index contributed by atoms with van der Waals surface area (Å²) in [5, 5.41) is 6.41. The van der Waals surface area contributed by atoms with Gasteiger partial charge in [0.25, 0.3) is 0 Å². The molecule has 2 nitrogen and oxygen atoms in total. The first-order chi connectivity index (χ1) is 22.4. The van der Waals surface area contributed by atoms with E-state index in [0.29, 0.717) is 0 Å². The second kappa shape index (κ2) is 10.6. The second-order valence-corrected chi connectivity index (χ2v) is 13.4. The first kappa shape index (κ1) is 26.0. The summed E-state index contributed by atoms with van der Waals surface area (Å²) in [5.74, 6) is 0. The average Bonchev–Trinajstić information content (AvgIpc) is 3.45. The second-order valence-electron chi connectivity index (χ2n) is 11.3. The zero-order valence-electron chi connectivity index (χ0n) is 24.4. The van der Waals surface area contributed by atoms with Crippen LogP contribution in [-0.2, 0) is 0 Å². The van der Waals surface area contributed by atoms with Gasteiger partial charge in [-0.25, -0.2) is 0 Å². The lowest BCUT2D eigenvalue weighted by Gasteiger charge is -2.20. The van der Waals surface area contributed by atoms with Crippen molar-refractivity contribution < 1.29 is 0 Å². The van der Waals surface area contributed by atoms with Crippen molar-refractivity contribution in [3.05, 3.63) is 164 Å². The molecule has 45 heavy (non-hydrogen) atoms. The lowest BCUT2D eigenvalue weighted by molar-refractivity contribution is 1.37. The van der Waals surface area contributed by atoms with E-state index in [4.69, 9.17) is 9.97 Å². The molecule has 6 aromatic carbocycles. The van der Waals surface area contributed by atoms with E-state index in [1.165, 1.54) is 71.4 Å². The Hall–Kier alpha value is -5.43. The van der Waals surface area contributed by atoms with Crippen LogP contribution in [-0.4, -0.2) is 9.97 Å².